The summed E-state index contributed by atoms with van der Waals surface area (Å²) in [6.07, 6.45) is 3.00. The number of rotatable bonds is 3. The number of nitrogens with two attached hydrogens (primary N) is 1. The van der Waals surface area contributed by atoms with Gasteiger partial charge in [0.05, 0.1) is 18.1 Å². The molecule has 2 rings (SSSR count). The van der Waals surface area contributed by atoms with Gasteiger partial charge in [0.2, 0.25) is 0 Å². The van der Waals surface area contributed by atoms with Crippen LogP contribution < -0.4 is 10.5 Å². The molecule has 0 spiro atoms. The third-order valence-corrected chi connectivity index (χ3v) is 1.93. The van der Waals surface area contributed by atoms with Gasteiger partial charge < -0.3 is 10.5 Å². The fourth-order valence-electron chi connectivity index (χ4n) is 1.13. The van der Waals surface area contributed by atoms with Crippen molar-refractivity contribution in [1.82, 2.24) is 9.97 Å². The van der Waals surface area contributed by atoms with Crippen LogP contribution in [0.15, 0.2) is 36.7 Å². The van der Waals surface area contributed by atoms with Crippen LogP contribution >= 0.6 is 0 Å². The van der Waals surface area contributed by atoms with Crippen molar-refractivity contribution in [3.8, 4) is 5.75 Å². The van der Waals surface area contributed by atoms with Crippen molar-refractivity contribution in [2.75, 3.05) is 5.73 Å². The summed E-state index contributed by atoms with van der Waals surface area (Å²) in [4.78, 5) is 7.91. The van der Waals surface area contributed by atoms with E-state index in [-0.39, 0.29) is 12.4 Å². The minimum Gasteiger partial charge on any atom is -0.487 e. The molecule has 4 nitrogen and oxygen atoms in total. The molecule has 0 unspecified atom stereocenters. The molecule has 2 N–H and O–H groups in total. The number of hydrogen-bond acceptors (Lipinski definition) is 4. The Morgan fingerprint density at radius 2 is 1.88 bits per heavy atom. The molecule has 0 atom stereocenters. The normalized spacial score (nSPS) is 10.1. The summed E-state index contributed by atoms with van der Waals surface area (Å²) >= 11 is 0. The van der Waals surface area contributed by atoms with Gasteiger partial charge in [0.25, 0.3) is 0 Å². The lowest BCUT2D eigenvalue weighted by atomic mass is 10.3. The highest BCUT2D eigenvalue weighted by Crippen LogP contribution is 2.12. The van der Waals surface area contributed by atoms with Gasteiger partial charge in [-0.15, -0.1) is 0 Å². The van der Waals surface area contributed by atoms with E-state index < -0.39 is 0 Å². The average Bonchev–Trinajstić information content (AvgIpc) is 2.30. The van der Waals surface area contributed by atoms with E-state index in [1.165, 1.54) is 18.3 Å². The number of aromatic nitrogens is 2. The van der Waals surface area contributed by atoms with Crippen LogP contribution in [0.4, 0.5) is 10.2 Å². The van der Waals surface area contributed by atoms with E-state index in [9.17, 15) is 4.39 Å². The largest absolute Gasteiger partial charge is 0.487 e. The minimum absolute atomic E-state index is 0.277. The smallest absolute Gasteiger partial charge is 0.141 e. The van der Waals surface area contributed by atoms with Crippen molar-refractivity contribution in [2.24, 2.45) is 0 Å². The van der Waals surface area contributed by atoms with Gasteiger partial charge in [-0.05, 0) is 24.3 Å². The topological polar surface area (TPSA) is 61.0 Å². The molecule has 0 saturated heterocycles. The molecule has 0 bridgehead atoms. The molecule has 0 fully saturated rings. The Hall–Kier alpha value is -2.17. The lowest BCUT2D eigenvalue weighted by Gasteiger charge is -2.04. The Kier molecular flexibility index (Phi) is 2.95. The third-order valence-electron chi connectivity index (χ3n) is 1.93. The van der Waals surface area contributed by atoms with Gasteiger partial charge in [0, 0.05) is 0 Å². The standard InChI is InChI=1S/C11H10FN3O/c12-8-1-3-10(4-2-8)16-7-9-5-15-11(13)6-14-9/h1-6H,7H2,(H2,13,15). The summed E-state index contributed by atoms with van der Waals surface area (Å²) in [5.41, 5.74) is 6.06. The number of nitrogens with zero attached hydrogens (tertiary/aromatic N) is 2. The fourth-order valence-corrected chi connectivity index (χ4v) is 1.13. The van der Waals surface area contributed by atoms with Crippen LogP contribution in [0.5, 0.6) is 5.75 Å². The molecule has 0 radical (unpaired) electrons. The molecule has 82 valence electrons. The Labute approximate surface area is 91.9 Å². The molecule has 1 aromatic carbocycles. The van der Waals surface area contributed by atoms with E-state index in [1.807, 2.05) is 0 Å². The first-order valence-electron chi connectivity index (χ1n) is 4.69. The predicted molar refractivity (Wildman–Crippen MR) is 57.2 cm³/mol. The maximum Gasteiger partial charge on any atom is 0.141 e. The molecule has 1 aromatic heterocycles. The van der Waals surface area contributed by atoms with Crippen molar-refractivity contribution in [2.45, 2.75) is 6.61 Å². The van der Waals surface area contributed by atoms with Crippen molar-refractivity contribution in [1.29, 1.82) is 0 Å². The summed E-state index contributed by atoms with van der Waals surface area (Å²) in [6.45, 7) is 0.277. The third kappa shape index (κ3) is 2.66. The second-order valence-corrected chi connectivity index (χ2v) is 3.18. The van der Waals surface area contributed by atoms with E-state index in [4.69, 9.17) is 10.5 Å². The minimum atomic E-state index is -0.292. The van der Waals surface area contributed by atoms with Crippen LogP contribution in [0.3, 0.4) is 0 Å². The Morgan fingerprint density at radius 1 is 1.12 bits per heavy atom. The Balaban J connectivity index is 1.97. The van der Waals surface area contributed by atoms with Crippen LogP contribution in [0.2, 0.25) is 0 Å². The summed E-state index contributed by atoms with van der Waals surface area (Å²) in [5, 5.41) is 0. The molecule has 0 saturated carbocycles. The van der Waals surface area contributed by atoms with E-state index in [0.29, 0.717) is 17.3 Å². The molecule has 1 heterocycles. The molecule has 0 amide bonds. The Morgan fingerprint density at radius 3 is 2.50 bits per heavy atom. The number of nitrogen functional groups attached to an aromatic ring is 1. The molecule has 5 heteroatoms. The fraction of sp³-hybridized carbons (Fsp3) is 0.0909. The SMILES string of the molecule is Nc1cnc(COc2ccc(F)cc2)cn1. The van der Waals surface area contributed by atoms with Crippen LogP contribution in [0, 0.1) is 5.82 Å². The monoisotopic (exact) mass is 219 g/mol. The van der Waals surface area contributed by atoms with Gasteiger partial charge >= 0.3 is 0 Å². The van der Waals surface area contributed by atoms with Gasteiger partial charge in [0.15, 0.2) is 0 Å². The first-order chi connectivity index (χ1) is 7.74. The zero-order valence-corrected chi connectivity index (χ0v) is 8.43. The molecule has 0 aliphatic carbocycles. The average molecular weight is 219 g/mol. The maximum atomic E-state index is 12.6. The van der Waals surface area contributed by atoms with Gasteiger partial charge in [-0.2, -0.15) is 0 Å². The summed E-state index contributed by atoms with van der Waals surface area (Å²) in [5.74, 6) is 0.658. The zero-order chi connectivity index (χ0) is 11.4. The Bertz CT molecular complexity index is 410. The van der Waals surface area contributed by atoms with Crippen molar-refractivity contribution in [3.63, 3.8) is 0 Å². The van der Waals surface area contributed by atoms with Crippen LogP contribution in [-0.4, -0.2) is 9.97 Å². The van der Waals surface area contributed by atoms with Crippen LogP contribution in [-0.2, 0) is 6.61 Å². The van der Waals surface area contributed by atoms with Crippen LogP contribution in [0.1, 0.15) is 5.69 Å². The van der Waals surface area contributed by atoms with Gasteiger partial charge in [-0.25, -0.2) is 9.37 Å². The van der Waals surface area contributed by atoms with Crippen molar-refractivity contribution >= 4 is 5.82 Å². The van der Waals surface area contributed by atoms with E-state index in [2.05, 4.69) is 9.97 Å². The summed E-state index contributed by atoms with van der Waals surface area (Å²) in [7, 11) is 0. The van der Waals surface area contributed by atoms with Gasteiger partial charge in [-0.3, -0.25) is 4.98 Å². The van der Waals surface area contributed by atoms with E-state index in [1.54, 1.807) is 18.3 Å². The first-order valence-corrected chi connectivity index (χ1v) is 4.69. The maximum absolute atomic E-state index is 12.6. The lowest BCUT2D eigenvalue weighted by molar-refractivity contribution is 0.300. The molecular weight excluding hydrogens is 209 g/mol. The highest BCUT2D eigenvalue weighted by atomic mass is 19.1. The van der Waals surface area contributed by atoms with Crippen molar-refractivity contribution < 1.29 is 9.13 Å². The number of ether oxygens (including phenoxy) is 1. The lowest BCUT2D eigenvalue weighted by Crippen LogP contribution is -2.00. The molecular formula is C11H10FN3O. The number of hydrogen-bond donors (Lipinski definition) is 1. The zero-order valence-electron chi connectivity index (χ0n) is 8.43. The molecule has 16 heavy (non-hydrogen) atoms. The van der Waals surface area contributed by atoms with Crippen LogP contribution in [0.25, 0.3) is 0 Å². The van der Waals surface area contributed by atoms with Crippen molar-refractivity contribution in [3.05, 3.63) is 48.2 Å². The van der Waals surface area contributed by atoms with E-state index in [0.717, 1.165) is 0 Å². The molecule has 0 aliphatic rings. The number of halogens is 1. The van der Waals surface area contributed by atoms with E-state index >= 15 is 0 Å². The summed E-state index contributed by atoms with van der Waals surface area (Å²) in [6, 6.07) is 5.79. The quantitative estimate of drug-likeness (QED) is 0.854. The molecule has 0 aliphatic heterocycles. The number of anilines is 1. The second-order valence-electron chi connectivity index (χ2n) is 3.18. The first kappa shape index (κ1) is 10.4. The number of benzene rings is 1. The highest BCUT2D eigenvalue weighted by molar-refractivity contribution is 5.24. The van der Waals surface area contributed by atoms with Gasteiger partial charge in [0.1, 0.15) is 24.0 Å². The summed E-state index contributed by atoms with van der Waals surface area (Å²) < 4.78 is 18.0. The highest BCUT2D eigenvalue weighted by Gasteiger charge is 1.98. The second kappa shape index (κ2) is 4.57. The van der Waals surface area contributed by atoms with Gasteiger partial charge in [-0.1, -0.05) is 0 Å². The molecule has 2 aromatic rings. The predicted octanol–water partition coefficient (Wildman–Crippen LogP) is 1.78.